The molecule has 0 N–H and O–H groups in total. The van der Waals surface area contributed by atoms with Crippen LogP contribution in [0.1, 0.15) is 6.92 Å². The zero-order chi connectivity index (χ0) is 6.69. The van der Waals surface area contributed by atoms with Crippen LogP contribution in [0, 0.1) is 0 Å². The van der Waals surface area contributed by atoms with Crippen molar-refractivity contribution in [1.82, 2.24) is 9.55 Å². The molecule has 0 unspecified atom stereocenters. The van der Waals surface area contributed by atoms with E-state index in [4.69, 9.17) is 0 Å². The van der Waals surface area contributed by atoms with E-state index < -0.39 is 0 Å². The Morgan fingerprint density at radius 2 is 2.56 bits per heavy atom. The fourth-order valence-corrected chi connectivity index (χ4v) is 1.27. The van der Waals surface area contributed by atoms with E-state index in [2.05, 4.69) is 11.9 Å². The number of imidazole rings is 1. The number of aromatic nitrogens is 2. The number of thioether (sulfide) groups is 1. The van der Waals surface area contributed by atoms with E-state index in [0.717, 1.165) is 10.8 Å². The lowest BCUT2D eigenvalue weighted by molar-refractivity contribution is 0.912. The minimum Gasteiger partial charge on any atom is -0.339 e. The van der Waals surface area contributed by atoms with Gasteiger partial charge in [-0.3, -0.25) is 0 Å². The highest BCUT2D eigenvalue weighted by atomic mass is 32.2. The molecule has 0 fully saturated rings. The zero-order valence-corrected chi connectivity index (χ0v) is 6.48. The third kappa shape index (κ3) is 1.75. The van der Waals surface area contributed by atoms with Crippen LogP contribution in [0.15, 0.2) is 17.6 Å². The average molecular weight is 142 g/mol. The summed E-state index contributed by atoms with van der Waals surface area (Å²) in [5.41, 5.74) is 0. The maximum atomic E-state index is 4.13. The molecule has 1 heterocycles. The Bertz CT molecular complexity index is 183. The highest BCUT2D eigenvalue weighted by Crippen LogP contribution is 2.12. The standard InChI is InChI=1S/C6H10N2S/c1-3-9-6-4-8(2)5-7-6/h4-5H,3H2,1-2H3. The molecule has 1 aromatic rings. The van der Waals surface area contributed by atoms with Gasteiger partial charge in [0.15, 0.2) is 0 Å². The van der Waals surface area contributed by atoms with Crippen molar-refractivity contribution in [3.63, 3.8) is 0 Å². The lowest BCUT2D eigenvalue weighted by Crippen LogP contribution is -1.77. The molecule has 50 valence electrons. The van der Waals surface area contributed by atoms with Crippen molar-refractivity contribution in [2.45, 2.75) is 11.9 Å². The molecule has 0 amide bonds. The van der Waals surface area contributed by atoms with Crippen LogP contribution >= 0.6 is 11.8 Å². The minimum absolute atomic E-state index is 1.09. The van der Waals surface area contributed by atoms with E-state index in [9.17, 15) is 0 Å². The number of aryl methyl sites for hydroxylation is 1. The molecule has 0 saturated heterocycles. The molecule has 0 aliphatic carbocycles. The molecule has 0 aliphatic heterocycles. The van der Waals surface area contributed by atoms with Crippen molar-refractivity contribution in [1.29, 1.82) is 0 Å². The summed E-state index contributed by atoms with van der Waals surface area (Å²) in [5.74, 6) is 1.09. The summed E-state index contributed by atoms with van der Waals surface area (Å²) in [4.78, 5) is 4.13. The summed E-state index contributed by atoms with van der Waals surface area (Å²) in [6, 6.07) is 0. The van der Waals surface area contributed by atoms with Crippen molar-refractivity contribution in [3.05, 3.63) is 12.5 Å². The van der Waals surface area contributed by atoms with Crippen molar-refractivity contribution < 1.29 is 0 Å². The van der Waals surface area contributed by atoms with Crippen LogP contribution in [0.25, 0.3) is 0 Å². The van der Waals surface area contributed by atoms with Gasteiger partial charge >= 0.3 is 0 Å². The van der Waals surface area contributed by atoms with Gasteiger partial charge in [-0.25, -0.2) is 4.98 Å². The Kier molecular flexibility index (Phi) is 2.16. The van der Waals surface area contributed by atoms with Gasteiger partial charge in [0.05, 0.1) is 6.33 Å². The van der Waals surface area contributed by atoms with Crippen LogP contribution < -0.4 is 0 Å². The summed E-state index contributed by atoms with van der Waals surface area (Å²) < 4.78 is 1.96. The van der Waals surface area contributed by atoms with Gasteiger partial charge in [-0.2, -0.15) is 0 Å². The van der Waals surface area contributed by atoms with Gasteiger partial charge in [0.25, 0.3) is 0 Å². The van der Waals surface area contributed by atoms with Crippen molar-refractivity contribution in [2.75, 3.05) is 5.75 Å². The molecule has 0 aliphatic rings. The second-order valence-electron chi connectivity index (χ2n) is 1.81. The molecule has 0 radical (unpaired) electrons. The van der Waals surface area contributed by atoms with E-state index in [1.165, 1.54) is 0 Å². The summed E-state index contributed by atoms with van der Waals surface area (Å²) in [6.07, 6.45) is 3.84. The zero-order valence-electron chi connectivity index (χ0n) is 5.66. The van der Waals surface area contributed by atoms with Crippen LogP contribution in [-0.4, -0.2) is 15.3 Å². The smallest absolute Gasteiger partial charge is 0.114 e. The summed E-state index contributed by atoms with van der Waals surface area (Å²) >= 11 is 1.76. The molecule has 2 nitrogen and oxygen atoms in total. The third-order valence-electron chi connectivity index (χ3n) is 0.973. The van der Waals surface area contributed by atoms with Gasteiger partial charge in [0, 0.05) is 13.2 Å². The predicted octanol–water partition coefficient (Wildman–Crippen LogP) is 1.53. The number of nitrogens with zero attached hydrogens (tertiary/aromatic N) is 2. The van der Waals surface area contributed by atoms with Gasteiger partial charge in [-0.15, -0.1) is 11.8 Å². The second kappa shape index (κ2) is 2.92. The fraction of sp³-hybridized carbons (Fsp3) is 0.500. The van der Waals surface area contributed by atoms with E-state index in [1.807, 2.05) is 24.1 Å². The lowest BCUT2D eigenvalue weighted by Gasteiger charge is -1.86. The van der Waals surface area contributed by atoms with Gasteiger partial charge in [-0.05, 0) is 5.75 Å². The van der Waals surface area contributed by atoms with Crippen molar-refractivity contribution >= 4 is 11.8 Å². The molecule has 0 atom stereocenters. The second-order valence-corrected chi connectivity index (χ2v) is 3.09. The molecule has 0 saturated carbocycles. The minimum atomic E-state index is 1.09. The van der Waals surface area contributed by atoms with Crippen LogP contribution in [0.5, 0.6) is 0 Å². The summed E-state index contributed by atoms with van der Waals surface area (Å²) in [5, 5.41) is 1.11. The van der Waals surface area contributed by atoms with Crippen LogP contribution in [0.3, 0.4) is 0 Å². The lowest BCUT2D eigenvalue weighted by atomic mass is 10.9. The first-order chi connectivity index (χ1) is 4.33. The van der Waals surface area contributed by atoms with Gasteiger partial charge in [0.2, 0.25) is 0 Å². The summed E-state index contributed by atoms with van der Waals surface area (Å²) in [7, 11) is 1.98. The van der Waals surface area contributed by atoms with E-state index in [-0.39, 0.29) is 0 Å². The molecule has 1 aromatic heterocycles. The highest BCUT2D eigenvalue weighted by molar-refractivity contribution is 7.99. The molecule has 1 rings (SSSR count). The van der Waals surface area contributed by atoms with E-state index in [1.54, 1.807) is 11.8 Å². The Morgan fingerprint density at radius 1 is 1.78 bits per heavy atom. The van der Waals surface area contributed by atoms with Crippen LogP contribution in [0.4, 0.5) is 0 Å². The predicted molar refractivity (Wildman–Crippen MR) is 39.6 cm³/mol. The maximum Gasteiger partial charge on any atom is 0.114 e. The SMILES string of the molecule is CCSc1cn(C)cn1. The summed E-state index contributed by atoms with van der Waals surface area (Å²) in [6.45, 7) is 2.12. The Labute approximate surface area is 59.3 Å². The molecule has 0 bridgehead atoms. The monoisotopic (exact) mass is 142 g/mol. The molecular formula is C6H10N2S. The van der Waals surface area contributed by atoms with Crippen LogP contribution in [-0.2, 0) is 7.05 Å². The third-order valence-corrected chi connectivity index (χ3v) is 1.77. The maximum absolute atomic E-state index is 4.13. The first-order valence-corrected chi connectivity index (χ1v) is 3.92. The van der Waals surface area contributed by atoms with Crippen molar-refractivity contribution in [3.8, 4) is 0 Å². The van der Waals surface area contributed by atoms with Gasteiger partial charge in [-0.1, -0.05) is 6.92 Å². The highest BCUT2D eigenvalue weighted by Gasteiger charge is 1.92. The Balaban J connectivity index is 2.61. The topological polar surface area (TPSA) is 17.8 Å². The molecule has 0 aromatic carbocycles. The van der Waals surface area contributed by atoms with E-state index in [0.29, 0.717) is 0 Å². The molecule has 9 heavy (non-hydrogen) atoms. The molecule has 3 heteroatoms. The number of hydrogen-bond donors (Lipinski definition) is 0. The average Bonchev–Trinajstić information content (AvgIpc) is 2.17. The van der Waals surface area contributed by atoms with Crippen molar-refractivity contribution in [2.24, 2.45) is 7.05 Å². The Morgan fingerprint density at radius 3 is 3.00 bits per heavy atom. The van der Waals surface area contributed by atoms with Gasteiger partial charge in [0.1, 0.15) is 5.03 Å². The normalized spacial score (nSPS) is 10.0. The largest absolute Gasteiger partial charge is 0.339 e. The quantitative estimate of drug-likeness (QED) is 0.583. The fourth-order valence-electron chi connectivity index (χ4n) is 0.611. The van der Waals surface area contributed by atoms with Crippen LogP contribution in [0.2, 0.25) is 0 Å². The number of rotatable bonds is 2. The Hall–Kier alpha value is -0.440. The number of hydrogen-bond acceptors (Lipinski definition) is 2. The molecular weight excluding hydrogens is 132 g/mol. The van der Waals surface area contributed by atoms with E-state index >= 15 is 0 Å². The first-order valence-electron chi connectivity index (χ1n) is 2.93. The first kappa shape index (κ1) is 6.68. The van der Waals surface area contributed by atoms with Gasteiger partial charge < -0.3 is 4.57 Å². The molecule has 0 spiro atoms.